The van der Waals surface area contributed by atoms with Crippen LogP contribution in [-0.4, -0.2) is 29.4 Å². The predicted molar refractivity (Wildman–Crippen MR) is 95.5 cm³/mol. The zero-order chi connectivity index (χ0) is 17.6. The van der Waals surface area contributed by atoms with Crippen molar-refractivity contribution in [2.75, 3.05) is 0 Å². The van der Waals surface area contributed by atoms with E-state index in [1.54, 1.807) is 6.92 Å². The summed E-state index contributed by atoms with van der Waals surface area (Å²) >= 11 is 0. The molecule has 0 aromatic carbocycles. The van der Waals surface area contributed by atoms with E-state index in [4.69, 9.17) is 0 Å². The van der Waals surface area contributed by atoms with Crippen LogP contribution in [0, 0.1) is 0 Å². The Bertz CT molecular complexity index is 360. The van der Waals surface area contributed by atoms with E-state index in [0.717, 1.165) is 51.4 Å². The first-order valence-electron chi connectivity index (χ1n) is 9.54. The molecule has 0 aromatic heterocycles. The molecule has 0 rings (SSSR count). The summed E-state index contributed by atoms with van der Waals surface area (Å²) in [5.41, 5.74) is 0. The van der Waals surface area contributed by atoms with Crippen LogP contribution >= 0.6 is 0 Å². The van der Waals surface area contributed by atoms with E-state index in [9.17, 15) is 18.1 Å². The van der Waals surface area contributed by atoms with Gasteiger partial charge in [0.2, 0.25) is 0 Å². The van der Waals surface area contributed by atoms with Crippen molar-refractivity contribution < 1.29 is 47.6 Å². The summed E-state index contributed by atoms with van der Waals surface area (Å²) in [4.78, 5) is 0. The summed E-state index contributed by atoms with van der Waals surface area (Å²) in [5.74, 6) is 0. The van der Waals surface area contributed by atoms with Gasteiger partial charge in [-0.15, -0.1) is 0 Å². The number of hydrogen-bond donors (Lipinski definition) is 1. The van der Waals surface area contributed by atoms with Gasteiger partial charge in [0.25, 0.3) is 0 Å². The molecule has 24 heavy (non-hydrogen) atoms. The smallest absolute Gasteiger partial charge is 0.748 e. The first-order chi connectivity index (χ1) is 10.9. The molecule has 0 aliphatic heterocycles. The fourth-order valence-corrected chi connectivity index (χ4v) is 3.83. The third-order valence-electron chi connectivity index (χ3n) is 4.57. The zero-order valence-electron chi connectivity index (χ0n) is 16.1. The zero-order valence-corrected chi connectivity index (χ0v) is 19.0. The van der Waals surface area contributed by atoms with Crippen LogP contribution in [0.2, 0.25) is 0 Å². The van der Waals surface area contributed by atoms with E-state index in [1.807, 2.05) is 0 Å². The predicted octanol–water partition coefficient (Wildman–Crippen LogP) is 1.77. The second-order valence-electron chi connectivity index (χ2n) is 6.72. The fourth-order valence-electron chi connectivity index (χ4n) is 2.96. The SMILES string of the molecule is CCCCCCCC(O)CCCCCCCC(CC)S(=O)(=O)[O-].[Na+]. The molecule has 2 atom stereocenters. The standard InChI is InChI=1S/C18H38O4S.Na/c1-3-5-6-8-11-14-17(19)15-12-9-7-10-13-16-18(4-2)23(20,21)22;/h17-19H,3-16H2,1-2H3,(H,20,21,22);/q;+1/p-1. The molecule has 0 fully saturated rings. The molecule has 0 spiro atoms. The third kappa shape index (κ3) is 16.3. The normalized spacial score (nSPS) is 14.2. The summed E-state index contributed by atoms with van der Waals surface area (Å²) < 4.78 is 32.9. The minimum atomic E-state index is -4.12. The Morgan fingerprint density at radius 3 is 1.62 bits per heavy atom. The minimum Gasteiger partial charge on any atom is -0.748 e. The first kappa shape index (κ1) is 27.1. The van der Waals surface area contributed by atoms with E-state index >= 15 is 0 Å². The monoisotopic (exact) mass is 372 g/mol. The molecule has 0 saturated carbocycles. The van der Waals surface area contributed by atoms with Gasteiger partial charge >= 0.3 is 29.6 Å². The van der Waals surface area contributed by atoms with Crippen LogP contribution in [0.4, 0.5) is 0 Å². The number of aliphatic hydroxyl groups is 1. The molecule has 6 heteroatoms. The van der Waals surface area contributed by atoms with Gasteiger partial charge in [-0.05, 0) is 25.7 Å². The second-order valence-corrected chi connectivity index (χ2v) is 8.38. The molecule has 0 aromatic rings. The van der Waals surface area contributed by atoms with Crippen LogP contribution < -0.4 is 29.6 Å². The maximum Gasteiger partial charge on any atom is 1.00 e. The molecule has 4 nitrogen and oxygen atoms in total. The van der Waals surface area contributed by atoms with Crippen LogP contribution in [-0.2, 0) is 10.1 Å². The van der Waals surface area contributed by atoms with Crippen molar-refractivity contribution in [3.05, 3.63) is 0 Å². The quantitative estimate of drug-likeness (QED) is 0.254. The maximum atomic E-state index is 11.0. The van der Waals surface area contributed by atoms with Crippen LogP contribution in [0.15, 0.2) is 0 Å². The van der Waals surface area contributed by atoms with E-state index in [-0.39, 0.29) is 35.7 Å². The van der Waals surface area contributed by atoms with Gasteiger partial charge in [0.15, 0.2) is 0 Å². The van der Waals surface area contributed by atoms with Crippen molar-refractivity contribution in [3.8, 4) is 0 Å². The van der Waals surface area contributed by atoms with Crippen molar-refractivity contribution in [3.63, 3.8) is 0 Å². The summed E-state index contributed by atoms with van der Waals surface area (Å²) in [5, 5.41) is 9.19. The minimum absolute atomic E-state index is 0. The summed E-state index contributed by atoms with van der Waals surface area (Å²) in [6.45, 7) is 3.96. The van der Waals surface area contributed by atoms with E-state index in [0.29, 0.717) is 12.8 Å². The topological polar surface area (TPSA) is 77.4 Å². The molecule has 0 saturated heterocycles. The Kier molecular flexibility index (Phi) is 19.5. The summed E-state index contributed by atoms with van der Waals surface area (Å²) in [6, 6.07) is 0. The van der Waals surface area contributed by atoms with E-state index in [1.165, 1.54) is 25.7 Å². The van der Waals surface area contributed by atoms with Crippen LogP contribution in [0.1, 0.15) is 104 Å². The summed E-state index contributed by atoms with van der Waals surface area (Å²) in [6.07, 6.45) is 13.7. The maximum absolute atomic E-state index is 11.0. The van der Waals surface area contributed by atoms with Gasteiger partial charge < -0.3 is 9.66 Å². The van der Waals surface area contributed by atoms with Gasteiger partial charge in [0.1, 0.15) is 0 Å². The molecule has 0 radical (unpaired) electrons. The van der Waals surface area contributed by atoms with Gasteiger partial charge in [-0.1, -0.05) is 78.1 Å². The van der Waals surface area contributed by atoms with Gasteiger partial charge in [-0.2, -0.15) is 0 Å². The third-order valence-corrected chi connectivity index (χ3v) is 5.95. The Morgan fingerprint density at radius 2 is 1.21 bits per heavy atom. The van der Waals surface area contributed by atoms with Crippen molar-refractivity contribution in [1.29, 1.82) is 0 Å². The summed E-state index contributed by atoms with van der Waals surface area (Å²) in [7, 11) is -4.12. The molecule has 0 aliphatic rings. The van der Waals surface area contributed by atoms with Crippen molar-refractivity contribution in [2.45, 2.75) is 115 Å². The van der Waals surface area contributed by atoms with Gasteiger partial charge in [0, 0.05) is 5.25 Å². The molecule has 2 unspecified atom stereocenters. The molecular formula is C18H37NaO4S. The Morgan fingerprint density at radius 1 is 0.792 bits per heavy atom. The van der Waals surface area contributed by atoms with Crippen molar-refractivity contribution in [2.24, 2.45) is 0 Å². The first-order valence-corrected chi connectivity index (χ1v) is 11.0. The second kappa shape index (κ2) is 17.3. The molecule has 140 valence electrons. The molecule has 0 bridgehead atoms. The van der Waals surface area contributed by atoms with Crippen LogP contribution in [0.5, 0.6) is 0 Å². The molecular weight excluding hydrogens is 335 g/mol. The molecule has 0 aliphatic carbocycles. The van der Waals surface area contributed by atoms with E-state index in [2.05, 4.69) is 6.92 Å². The number of unbranched alkanes of at least 4 members (excludes halogenated alkanes) is 8. The van der Waals surface area contributed by atoms with Gasteiger partial charge in [-0.25, -0.2) is 8.42 Å². The number of hydrogen-bond acceptors (Lipinski definition) is 4. The van der Waals surface area contributed by atoms with Crippen molar-refractivity contribution >= 4 is 10.1 Å². The van der Waals surface area contributed by atoms with Crippen LogP contribution in [0.3, 0.4) is 0 Å². The molecule has 1 N–H and O–H groups in total. The van der Waals surface area contributed by atoms with Crippen LogP contribution in [0.25, 0.3) is 0 Å². The van der Waals surface area contributed by atoms with Crippen molar-refractivity contribution in [1.82, 2.24) is 0 Å². The van der Waals surface area contributed by atoms with Gasteiger partial charge in [-0.3, -0.25) is 0 Å². The Labute approximate surface area is 172 Å². The number of aliphatic hydroxyl groups excluding tert-OH is 1. The Balaban J connectivity index is 0. The Hall–Kier alpha value is 0.870. The average Bonchev–Trinajstić information content (AvgIpc) is 2.48. The van der Waals surface area contributed by atoms with E-state index < -0.39 is 15.4 Å². The fraction of sp³-hybridized carbons (Fsp3) is 1.00. The molecule has 0 heterocycles. The number of rotatable bonds is 16. The molecule has 0 amide bonds. The van der Waals surface area contributed by atoms with Gasteiger partial charge in [0.05, 0.1) is 16.2 Å². The average molecular weight is 373 g/mol. The largest absolute Gasteiger partial charge is 1.00 e.